The number of hydrogen-bond donors (Lipinski definition) is 0. The average Bonchev–Trinajstić information content (AvgIpc) is 3.42. The maximum atomic E-state index is 10.7. The van der Waals surface area contributed by atoms with Gasteiger partial charge >= 0.3 is 30.5 Å². The molecule has 0 radical (unpaired) electrons. The Balaban J connectivity index is 0.000000523. The van der Waals surface area contributed by atoms with Gasteiger partial charge in [0, 0.05) is 24.8 Å². The molecular formula is C52H48Cl4F6N4O6P2RuS2+2. The summed E-state index contributed by atoms with van der Waals surface area (Å²) in [5.41, 5.74) is -6.26. The molecule has 0 atom stereocenters. The van der Waals surface area contributed by atoms with Gasteiger partial charge in [-0.05, 0) is 103 Å². The molecular weight excluding hydrogens is 1260 g/mol. The first-order valence-electron chi connectivity index (χ1n) is 21.6. The van der Waals surface area contributed by atoms with Crippen molar-refractivity contribution in [2.75, 3.05) is 23.0 Å². The van der Waals surface area contributed by atoms with Crippen molar-refractivity contribution in [3.8, 4) is 22.8 Å². The molecule has 410 valence electrons. The fourth-order valence-corrected chi connectivity index (χ4v) is 11.3. The smallest absolute Gasteiger partial charge is 0.741 e. The van der Waals surface area contributed by atoms with Crippen molar-refractivity contribution in [2.45, 2.75) is 11.0 Å². The molecule has 0 unspecified atom stereocenters. The second-order valence-electron chi connectivity index (χ2n) is 14.4. The van der Waals surface area contributed by atoms with E-state index in [4.69, 9.17) is 72.3 Å². The second-order valence-corrected chi connectivity index (χ2v) is 23.7. The largest absolute Gasteiger partial charge is 2.00 e. The molecule has 4 heterocycles. The van der Waals surface area contributed by atoms with Crippen LogP contribution in [0.2, 0.25) is 0 Å². The van der Waals surface area contributed by atoms with Crippen LogP contribution in [-0.4, -0.2) is 79.9 Å². The Kier molecular flexibility index (Phi) is 34.7. The molecule has 0 bridgehead atoms. The first kappa shape index (κ1) is 70.3. The van der Waals surface area contributed by atoms with Gasteiger partial charge in [-0.25, -0.2) is 16.8 Å². The van der Waals surface area contributed by atoms with E-state index in [2.05, 4.69) is 148 Å². The topological polar surface area (TPSA) is 166 Å². The van der Waals surface area contributed by atoms with E-state index in [-0.39, 0.29) is 30.2 Å². The quantitative estimate of drug-likeness (QED) is 0.0245. The summed E-state index contributed by atoms with van der Waals surface area (Å²) < 4.78 is 118. The summed E-state index contributed by atoms with van der Waals surface area (Å²) in [4.78, 5) is 16.7. The number of halogens is 10. The van der Waals surface area contributed by atoms with E-state index >= 15 is 0 Å². The third-order valence-electron chi connectivity index (χ3n) is 9.09. The summed E-state index contributed by atoms with van der Waals surface area (Å²) in [5.74, 6) is 0. The Morgan fingerprint density at radius 3 is 0.714 bits per heavy atom. The second kappa shape index (κ2) is 38.0. The Morgan fingerprint density at radius 2 is 0.571 bits per heavy atom. The molecule has 0 aliphatic heterocycles. The Labute approximate surface area is 479 Å². The summed E-state index contributed by atoms with van der Waals surface area (Å²) in [6.45, 7) is 4.59. The van der Waals surface area contributed by atoms with Crippen molar-refractivity contribution in [3.05, 3.63) is 231 Å². The van der Waals surface area contributed by atoms with Crippen molar-refractivity contribution in [3.63, 3.8) is 0 Å². The molecule has 10 nitrogen and oxygen atoms in total. The third-order valence-corrected chi connectivity index (χ3v) is 16.1. The number of hydrogen-bond acceptors (Lipinski definition) is 10. The minimum Gasteiger partial charge on any atom is -0.741 e. The number of benzene rings is 4. The van der Waals surface area contributed by atoms with Crippen LogP contribution in [0.25, 0.3) is 22.8 Å². The molecule has 0 aliphatic rings. The Morgan fingerprint density at radius 1 is 0.403 bits per heavy atom. The molecule has 0 N–H and O–H groups in total. The minimum absolute atomic E-state index is 0. The van der Waals surface area contributed by atoms with Gasteiger partial charge in [0.25, 0.3) is 0 Å². The molecule has 0 saturated carbocycles. The molecule has 8 rings (SSSR count). The third kappa shape index (κ3) is 28.6. The number of pyridine rings is 4. The summed E-state index contributed by atoms with van der Waals surface area (Å²) >= 11 is 19.1. The molecule has 25 heteroatoms. The summed E-state index contributed by atoms with van der Waals surface area (Å²) in [7, 11) is -14.0. The first-order chi connectivity index (χ1) is 36.1. The molecule has 4 aromatic heterocycles. The van der Waals surface area contributed by atoms with E-state index in [1.165, 1.54) is 26.8 Å². The standard InChI is InChI=1S/C28H26P2.2C10H8N2.2CH2Cl2.2CHF3O3S.Ru/c1-24(22-29(25-14-6-2-7-15-25)26-16-8-3-9-17-26)23-30(27-18-10-4-11-19-27)28-20-12-5-13-21-28;2*1-3-7-11-9(5-1)10-6-2-4-8-12-10;2*2-1-3;2*2-1(3,4)8(5,6)7;/h2-21H,1,22-23H2;2*1-8H;2*1H2;2*(H,5,6,7);/q;;;;;;;+2. The zero-order chi connectivity index (χ0) is 56.5. The molecule has 77 heavy (non-hydrogen) atoms. The predicted octanol–water partition coefficient (Wildman–Crippen LogP) is 12.5. The molecule has 0 spiro atoms. The number of alkyl halides is 10. The van der Waals surface area contributed by atoms with E-state index in [1.807, 2.05) is 72.8 Å². The zero-order valence-electron chi connectivity index (χ0n) is 40.0. The van der Waals surface area contributed by atoms with Gasteiger partial charge in [0.1, 0.15) is 0 Å². The summed E-state index contributed by atoms with van der Waals surface area (Å²) in [5, 5.41) is 6.23. The van der Waals surface area contributed by atoms with Gasteiger partial charge in [-0.15, -0.1) is 46.4 Å². The van der Waals surface area contributed by atoms with Gasteiger partial charge in [0.15, 0.2) is 20.2 Å². The average molecular weight is 1310 g/mol. The summed E-state index contributed by atoms with van der Waals surface area (Å²) in [6.07, 6.45) is 9.22. The van der Waals surface area contributed by atoms with Gasteiger partial charge < -0.3 is 9.11 Å². The van der Waals surface area contributed by atoms with Crippen molar-refractivity contribution < 1.29 is 71.8 Å². The van der Waals surface area contributed by atoms with Gasteiger partial charge in [0.2, 0.25) is 0 Å². The van der Waals surface area contributed by atoms with Crippen molar-refractivity contribution in [1.82, 2.24) is 19.9 Å². The van der Waals surface area contributed by atoms with Crippen LogP contribution in [0.15, 0.2) is 231 Å². The van der Waals surface area contributed by atoms with Crippen LogP contribution >= 0.6 is 62.2 Å². The maximum Gasteiger partial charge on any atom is 2.00 e. The molecule has 0 saturated heterocycles. The SMILES string of the molecule is C=C(C[PH+](c1ccccc1)c1ccccc1)C[PH+](c1ccccc1)c1ccccc1.ClCCl.ClCCl.O=S(=O)([O-])C(F)(F)F.O=S(=O)([O-])C(F)(F)F.[Ru+2].c1ccc(-c2ccccn2)nc1.c1ccc(-c2ccccn2)nc1. The fourth-order valence-electron chi connectivity index (χ4n) is 5.92. The number of rotatable bonds is 10. The minimum atomic E-state index is -6.09. The van der Waals surface area contributed by atoms with Crippen LogP contribution in [0, 0.1) is 0 Å². The van der Waals surface area contributed by atoms with E-state index in [0.717, 1.165) is 35.1 Å². The maximum absolute atomic E-state index is 10.7. The number of nitrogens with zero attached hydrogens (tertiary/aromatic N) is 4. The van der Waals surface area contributed by atoms with Gasteiger partial charge in [-0.3, -0.25) is 19.9 Å². The van der Waals surface area contributed by atoms with Gasteiger partial charge in [0.05, 0.1) is 82.8 Å². The van der Waals surface area contributed by atoms with Gasteiger partial charge in [-0.1, -0.05) is 104 Å². The van der Waals surface area contributed by atoms with Crippen LogP contribution in [-0.2, 0) is 39.7 Å². The summed E-state index contributed by atoms with van der Waals surface area (Å²) in [6, 6.07) is 67.2. The van der Waals surface area contributed by atoms with Crippen molar-refractivity contribution in [1.29, 1.82) is 0 Å². The van der Waals surface area contributed by atoms with Gasteiger partial charge in [-0.2, -0.15) is 26.3 Å². The van der Waals surface area contributed by atoms with Crippen LogP contribution < -0.4 is 21.2 Å². The number of aromatic nitrogens is 4. The van der Waals surface area contributed by atoms with E-state index in [9.17, 15) is 26.3 Å². The molecule has 0 amide bonds. The van der Waals surface area contributed by atoms with E-state index in [1.54, 1.807) is 24.8 Å². The van der Waals surface area contributed by atoms with Crippen LogP contribution in [0.1, 0.15) is 0 Å². The Bertz CT molecular complexity index is 2670. The van der Waals surface area contributed by atoms with E-state index in [0.29, 0.717) is 0 Å². The zero-order valence-corrected chi connectivity index (χ0v) is 48.4. The molecule has 0 aliphatic carbocycles. The molecule has 0 fully saturated rings. The molecule has 4 aromatic carbocycles. The van der Waals surface area contributed by atoms with Crippen molar-refractivity contribution in [2.24, 2.45) is 0 Å². The van der Waals surface area contributed by atoms with Crippen LogP contribution in [0.4, 0.5) is 26.3 Å². The monoisotopic (exact) mass is 1310 g/mol. The molecule has 8 aromatic rings. The number of allylic oxidation sites excluding steroid dienone is 1. The Hall–Kier alpha value is -4.74. The predicted molar refractivity (Wildman–Crippen MR) is 299 cm³/mol. The fraction of sp³-hybridized carbons (Fsp3) is 0.115. The van der Waals surface area contributed by atoms with Crippen LogP contribution in [0.3, 0.4) is 0 Å². The van der Waals surface area contributed by atoms with E-state index < -0.39 is 47.1 Å². The van der Waals surface area contributed by atoms with Crippen molar-refractivity contribution >= 4 is 104 Å². The normalized spacial score (nSPS) is 10.7. The first-order valence-corrected chi connectivity index (χ1v) is 30.0. The van der Waals surface area contributed by atoms with Crippen LogP contribution in [0.5, 0.6) is 0 Å².